The van der Waals surface area contributed by atoms with Gasteiger partial charge in [-0.1, -0.05) is 25.8 Å². The summed E-state index contributed by atoms with van der Waals surface area (Å²) in [6.07, 6.45) is 2.77. The number of sulfonamides is 1. The molecule has 0 saturated heterocycles. The van der Waals surface area contributed by atoms with Crippen molar-refractivity contribution in [2.45, 2.75) is 43.0 Å². The van der Waals surface area contributed by atoms with Gasteiger partial charge in [-0.3, -0.25) is 0 Å². The Morgan fingerprint density at radius 3 is 2.83 bits per heavy atom. The minimum Gasteiger partial charge on any atom is -0.465 e. The fraction of sp³-hybridized carbons (Fsp3) is 0.500. The molecule has 0 unspecified atom stereocenters. The van der Waals surface area contributed by atoms with Crippen LogP contribution < -0.4 is 4.72 Å². The Labute approximate surface area is 136 Å². The summed E-state index contributed by atoms with van der Waals surface area (Å²) in [6, 6.07) is 7.75. The van der Waals surface area contributed by atoms with E-state index < -0.39 is 21.5 Å². The van der Waals surface area contributed by atoms with Crippen LogP contribution in [0.15, 0.2) is 29.2 Å². The van der Waals surface area contributed by atoms with Gasteiger partial charge in [0.05, 0.1) is 23.6 Å². The fourth-order valence-electron chi connectivity index (χ4n) is 2.99. The zero-order valence-electron chi connectivity index (χ0n) is 13.2. The number of rotatable bonds is 4. The standard InChI is InChI=1S/C16H20N2O4S/c1-12-5-4-8-16(10-12,11-17)18-23(20,21)14-7-3-6-13(9-14)15(19)22-2/h3,6-7,9,12,18H,4-5,8,10H2,1-2H3/t12-,16+/m0/s1. The van der Waals surface area contributed by atoms with Crippen LogP contribution in [0.1, 0.15) is 43.0 Å². The fourth-order valence-corrected chi connectivity index (χ4v) is 4.40. The van der Waals surface area contributed by atoms with Crippen LogP contribution in [0.2, 0.25) is 0 Å². The highest BCUT2D eigenvalue weighted by Crippen LogP contribution is 2.33. The molecule has 1 aliphatic rings. The van der Waals surface area contributed by atoms with Crippen LogP contribution in [0.25, 0.3) is 0 Å². The molecule has 0 bridgehead atoms. The van der Waals surface area contributed by atoms with Gasteiger partial charge in [-0.15, -0.1) is 0 Å². The Morgan fingerprint density at radius 2 is 2.22 bits per heavy atom. The average molecular weight is 336 g/mol. The molecule has 1 aromatic rings. The van der Waals surface area contributed by atoms with E-state index in [0.717, 1.165) is 12.8 Å². The lowest BCUT2D eigenvalue weighted by atomic mass is 9.78. The SMILES string of the molecule is COC(=O)c1cccc(S(=O)(=O)N[C@]2(C#N)CCC[C@H](C)C2)c1. The van der Waals surface area contributed by atoms with Crippen LogP contribution in [0.5, 0.6) is 0 Å². The lowest BCUT2D eigenvalue weighted by Gasteiger charge is -2.34. The second kappa shape index (κ2) is 6.69. The number of esters is 1. The van der Waals surface area contributed by atoms with Crippen molar-refractivity contribution in [3.8, 4) is 6.07 Å². The van der Waals surface area contributed by atoms with Gasteiger partial charge in [0.1, 0.15) is 5.54 Å². The Morgan fingerprint density at radius 1 is 1.48 bits per heavy atom. The number of benzene rings is 1. The number of ether oxygens (including phenoxy) is 1. The highest BCUT2D eigenvalue weighted by atomic mass is 32.2. The van der Waals surface area contributed by atoms with E-state index in [1.165, 1.54) is 31.4 Å². The summed E-state index contributed by atoms with van der Waals surface area (Å²) in [5.41, 5.74) is -0.934. The largest absolute Gasteiger partial charge is 0.465 e. The summed E-state index contributed by atoms with van der Waals surface area (Å²) in [7, 11) is -2.67. The molecule has 0 amide bonds. The topological polar surface area (TPSA) is 96.3 Å². The smallest absolute Gasteiger partial charge is 0.337 e. The quantitative estimate of drug-likeness (QED) is 0.851. The number of nitriles is 1. The monoisotopic (exact) mass is 336 g/mol. The van der Waals surface area contributed by atoms with Crippen LogP contribution in [-0.2, 0) is 14.8 Å². The molecule has 1 saturated carbocycles. The second-order valence-corrected chi connectivity index (χ2v) is 7.70. The Balaban J connectivity index is 2.31. The van der Waals surface area contributed by atoms with Gasteiger partial charge in [-0.05, 0) is 37.0 Å². The van der Waals surface area contributed by atoms with E-state index in [9.17, 15) is 18.5 Å². The number of nitrogens with one attached hydrogen (secondary N) is 1. The van der Waals surface area contributed by atoms with Crippen molar-refractivity contribution in [3.05, 3.63) is 29.8 Å². The number of nitrogens with zero attached hydrogens (tertiary/aromatic N) is 1. The maximum atomic E-state index is 12.6. The van der Waals surface area contributed by atoms with Crippen LogP contribution >= 0.6 is 0 Å². The van der Waals surface area contributed by atoms with Crippen LogP contribution in [0.3, 0.4) is 0 Å². The zero-order valence-corrected chi connectivity index (χ0v) is 14.0. The van der Waals surface area contributed by atoms with E-state index in [-0.39, 0.29) is 16.4 Å². The molecule has 23 heavy (non-hydrogen) atoms. The Hall–Kier alpha value is -1.91. The predicted molar refractivity (Wildman–Crippen MR) is 84.1 cm³/mol. The molecular weight excluding hydrogens is 316 g/mol. The first-order valence-electron chi connectivity index (χ1n) is 7.45. The van der Waals surface area contributed by atoms with Gasteiger partial charge in [0.25, 0.3) is 0 Å². The summed E-state index contributed by atoms with van der Waals surface area (Å²) in [5, 5.41) is 9.50. The summed E-state index contributed by atoms with van der Waals surface area (Å²) in [6.45, 7) is 2.01. The van der Waals surface area contributed by atoms with Crippen molar-refractivity contribution < 1.29 is 17.9 Å². The van der Waals surface area contributed by atoms with Gasteiger partial charge >= 0.3 is 5.97 Å². The summed E-state index contributed by atoms with van der Waals surface area (Å²) in [5.74, 6) is -0.323. The maximum absolute atomic E-state index is 12.6. The number of hydrogen-bond donors (Lipinski definition) is 1. The summed E-state index contributed by atoms with van der Waals surface area (Å²) < 4.78 is 32.4. The molecule has 0 heterocycles. The number of carbonyl (C=O) groups excluding carboxylic acids is 1. The van der Waals surface area contributed by atoms with E-state index >= 15 is 0 Å². The molecular formula is C16H20N2O4S. The molecule has 0 aliphatic heterocycles. The summed E-state index contributed by atoms with van der Waals surface area (Å²) >= 11 is 0. The van der Waals surface area contributed by atoms with Crippen molar-refractivity contribution in [3.63, 3.8) is 0 Å². The maximum Gasteiger partial charge on any atom is 0.337 e. The van der Waals surface area contributed by atoms with Crippen LogP contribution in [0, 0.1) is 17.2 Å². The molecule has 0 spiro atoms. The molecule has 2 atom stereocenters. The van der Waals surface area contributed by atoms with Gasteiger partial charge in [0.2, 0.25) is 10.0 Å². The number of carbonyl (C=O) groups is 1. The van der Waals surface area contributed by atoms with E-state index in [2.05, 4.69) is 15.5 Å². The molecule has 6 nitrogen and oxygen atoms in total. The average Bonchev–Trinajstić information content (AvgIpc) is 2.53. The Kier molecular flexibility index (Phi) is 5.07. The molecule has 0 radical (unpaired) electrons. The number of hydrogen-bond acceptors (Lipinski definition) is 5. The molecule has 1 aliphatic carbocycles. The lowest BCUT2D eigenvalue weighted by Crippen LogP contribution is -2.49. The van der Waals surface area contributed by atoms with Crippen molar-refractivity contribution in [1.29, 1.82) is 5.26 Å². The van der Waals surface area contributed by atoms with Crippen LogP contribution in [-0.4, -0.2) is 27.0 Å². The minimum atomic E-state index is -3.90. The molecule has 2 rings (SSSR count). The lowest BCUT2D eigenvalue weighted by molar-refractivity contribution is 0.0600. The molecule has 1 N–H and O–H groups in total. The van der Waals surface area contributed by atoms with Crippen molar-refractivity contribution in [1.82, 2.24) is 4.72 Å². The highest BCUT2D eigenvalue weighted by Gasteiger charge is 2.39. The van der Waals surface area contributed by atoms with Crippen molar-refractivity contribution >= 4 is 16.0 Å². The van der Waals surface area contributed by atoms with Crippen molar-refractivity contribution in [2.24, 2.45) is 5.92 Å². The molecule has 7 heteroatoms. The molecule has 1 fully saturated rings. The predicted octanol–water partition coefficient (Wildman–Crippen LogP) is 2.22. The first-order valence-corrected chi connectivity index (χ1v) is 8.94. The third kappa shape index (κ3) is 3.89. The molecule has 124 valence electrons. The van der Waals surface area contributed by atoms with Gasteiger partial charge in [0, 0.05) is 0 Å². The van der Waals surface area contributed by atoms with E-state index in [1.807, 2.05) is 6.92 Å². The first kappa shape index (κ1) is 17.4. The second-order valence-electron chi connectivity index (χ2n) is 6.02. The van der Waals surface area contributed by atoms with Crippen molar-refractivity contribution in [2.75, 3.05) is 7.11 Å². The third-order valence-corrected chi connectivity index (χ3v) is 5.64. The highest BCUT2D eigenvalue weighted by molar-refractivity contribution is 7.89. The van der Waals surface area contributed by atoms with Gasteiger partial charge in [0.15, 0.2) is 0 Å². The van der Waals surface area contributed by atoms with E-state index in [4.69, 9.17) is 0 Å². The van der Waals surface area contributed by atoms with E-state index in [0.29, 0.717) is 12.8 Å². The summed E-state index contributed by atoms with van der Waals surface area (Å²) in [4.78, 5) is 11.5. The first-order chi connectivity index (χ1) is 10.8. The van der Waals surface area contributed by atoms with Gasteiger partial charge in [-0.2, -0.15) is 9.98 Å². The Bertz CT molecular complexity index is 739. The minimum absolute atomic E-state index is 0.0479. The van der Waals surface area contributed by atoms with E-state index in [1.54, 1.807) is 0 Å². The van der Waals surface area contributed by atoms with Crippen LogP contribution in [0.4, 0.5) is 0 Å². The van der Waals surface area contributed by atoms with Gasteiger partial charge < -0.3 is 4.74 Å². The normalized spacial score (nSPS) is 24.7. The molecule has 1 aromatic carbocycles. The molecule has 0 aromatic heterocycles. The van der Waals surface area contributed by atoms with Gasteiger partial charge in [-0.25, -0.2) is 13.2 Å². The number of methoxy groups -OCH3 is 1. The third-order valence-electron chi connectivity index (χ3n) is 4.11. The zero-order chi connectivity index (χ0) is 17.1.